The predicted octanol–water partition coefficient (Wildman–Crippen LogP) is 2.73. The summed E-state index contributed by atoms with van der Waals surface area (Å²) in [6.07, 6.45) is 0. The van der Waals surface area contributed by atoms with E-state index in [-0.39, 0.29) is 0 Å². The van der Waals surface area contributed by atoms with Crippen molar-refractivity contribution in [3.05, 3.63) is 0 Å². The molecule has 2 heteroatoms. The van der Waals surface area contributed by atoms with Gasteiger partial charge in [0, 0.05) is 0 Å². The Balaban J connectivity index is 3.80. The van der Waals surface area contributed by atoms with Crippen molar-refractivity contribution in [2.75, 3.05) is 13.3 Å². The third-order valence-electron chi connectivity index (χ3n) is 1.29. The van der Waals surface area contributed by atoms with Crippen molar-refractivity contribution in [3.8, 4) is 0 Å². The molecule has 0 saturated heterocycles. The van der Waals surface area contributed by atoms with Crippen LogP contribution in [0.5, 0.6) is 0 Å². The van der Waals surface area contributed by atoms with Gasteiger partial charge in [0.15, 0.2) is 0 Å². The first-order valence-electron chi connectivity index (χ1n) is 2.53. The first-order valence-corrected chi connectivity index (χ1v) is 6.63. The summed E-state index contributed by atoms with van der Waals surface area (Å²) in [5.41, 5.74) is 0.823. The minimum atomic E-state index is -0.682. The average molecular weight is 136 g/mol. The molecule has 0 aliphatic rings. The van der Waals surface area contributed by atoms with Crippen LogP contribution in [0.1, 0.15) is 13.8 Å². The van der Waals surface area contributed by atoms with Gasteiger partial charge >= 0.3 is 0 Å². The van der Waals surface area contributed by atoms with E-state index in [1.807, 2.05) is 0 Å². The van der Waals surface area contributed by atoms with Gasteiger partial charge in [-0.2, -0.15) is 0 Å². The highest BCUT2D eigenvalue weighted by molar-refractivity contribution is 7.98. The molecular weight excluding hydrogens is 122 g/mol. The molecule has 0 aliphatic carbocycles. The third kappa shape index (κ3) is 3.32. The first kappa shape index (κ1) is 7.73. The second-order valence-corrected chi connectivity index (χ2v) is 10.2. The van der Waals surface area contributed by atoms with Crippen LogP contribution in [0, 0.1) is 0 Å². The molecule has 0 heterocycles. The standard InChI is InChI=1S/C5H14P2/c1-5(2)7(3,4)6/h5-6H,1-4H3. The maximum Gasteiger partial charge on any atom is -0.0238 e. The highest BCUT2D eigenvalue weighted by Crippen LogP contribution is 2.47. The smallest absolute Gasteiger partial charge is 0.0238 e. The van der Waals surface area contributed by atoms with Crippen LogP contribution in [-0.4, -0.2) is 19.0 Å². The largest absolute Gasteiger partial charge is 0.126 e. The molecule has 0 unspecified atom stereocenters. The average Bonchev–Trinajstić information content (AvgIpc) is 1.31. The van der Waals surface area contributed by atoms with Crippen molar-refractivity contribution < 1.29 is 0 Å². The summed E-state index contributed by atoms with van der Waals surface area (Å²) in [5, 5.41) is 0. The Kier molecular flexibility index (Phi) is 2.58. The van der Waals surface area contributed by atoms with Gasteiger partial charge in [-0.25, -0.2) is 0 Å². The second-order valence-electron chi connectivity index (χ2n) is 2.63. The van der Waals surface area contributed by atoms with Crippen molar-refractivity contribution in [1.29, 1.82) is 0 Å². The van der Waals surface area contributed by atoms with E-state index in [1.54, 1.807) is 0 Å². The summed E-state index contributed by atoms with van der Waals surface area (Å²) in [7, 11) is 3.70. The van der Waals surface area contributed by atoms with E-state index in [1.165, 1.54) is 0 Å². The van der Waals surface area contributed by atoms with Gasteiger partial charge in [0.1, 0.15) is 0 Å². The Morgan fingerprint density at radius 3 is 1.43 bits per heavy atom. The number of hydrogen-bond acceptors (Lipinski definition) is 0. The van der Waals surface area contributed by atoms with Gasteiger partial charge < -0.3 is 0 Å². The zero-order valence-corrected chi connectivity index (χ0v) is 7.42. The van der Waals surface area contributed by atoms with Crippen molar-refractivity contribution in [2.24, 2.45) is 0 Å². The topological polar surface area (TPSA) is 0 Å². The Labute approximate surface area is 48.7 Å². The first-order chi connectivity index (χ1) is 2.94. The summed E-state index contributed by atoms with van der Waals surface area (Å²) in [5.74, 6) is 0. The van der Waals surface area contributed by atoms with E-state index < -0.39 is 6.55 Å². The van der Waals surface area contributed by atoms with Crippen LogP contribution in [0.3, 0.4) is 0 Å². The fourth-order valence-corrected chi connectivity index (χ4v) is 0. The van der Waals surface area contributed by atoms with Gasteiger partial charge in [-0.05, 0) is 19.0 Å². The molecule has 44 valence electrons. The van der Waals surface area contributed by atoms with E-state index >= 15 is 0 Å². The lowest BCUT2D eigenvalue weighted by Crippen LogP contribution is -1.90. The second kappa shape index (κ2) is 2.33. The van der Waals surface area contributed by atoms with E-state index in [2.05, 4.69) is 35.7 Å². The summed E-state index contributed by atoms with van der Waals surface area (Å²) < 4.78 is 0. The summed E-state index contributed by atoms with van der Waals surface area (Å²) >= 11 is 0. The lowest BCUT2D eigenvalue weighted by Gasteiger charge is -2.14. The minimum Gasteiger partial charge on any atom is -0.126 e. The molecule has 0 N–H and O–H groups in total. The van der Waals surface area contributed by atoms with Gasteiger partial charge in [-0.3, -0.25) is 0 Å². The molecule has 7 heavy (non-hydrogen) atoms. The Bertz CT molecular complexity index is 88.3. The van der Waals surface area contributed by atoms with Gasteiger partial charge in [0.25, 0.3) is 0 Å². The van der Waals surface area contributed by atoms with E-state index in [4.69, 9.17) is 0 Å². The molecule has 0 amide bonds. The van der Waals surface area contributed by atoms with Crippen LogP contribution in [0.2, 0.25) is 0 Å². The predicted molar refractivity (Wildman–Crippen MR) is 42.2 cm³/mol. The van der Waals surface area contributed by atoms with Crippen molar-refractivity contribution >= 4 is 15.1 Å². The third-order valence-corrected chi connectivity index (χ3v) is 5.42. The maximum absolute atomic E-state index is 3.70. The van der Waals surface area contributed by atoms with Gasteiger partial charge in [-0.15, -0.1) is 8.53 Å². The van der Waals surface area contributed by atoms with Gasteiger partial charge in [0.2, 0.25) is 0 Å². The van der Waals surface area contributed by atoms with Crippen LogP contribution in [0.15, 0.2) is 0 Å². The quantitative estimate of drug-likeness (QED) is 0.486. The van der Waals surface area contributed by atoms with Crippen molar-refractivity contribution in [2.45, 2.75) is 19.5 Å². The Hall–Kier alpha value is 0.730. The van der Waals surface area contributed by atoms with E-state index in [0.29, 0.717) is 0 Å². The fraction of sp³-hybridized carbons (Fsp3) is 1.00. The monoisotopic (exact) mass is 136 g/mol. The molecule has 0 bridgehead atoms. The van der Waals surface area contributed by atoms with Crippen LogP contribution in [0.25, 0.3) is 0 Å². The summed E-state index contributed by atoms with van der Waals surface area (Å²) in [6, 6.07) is 0. The highest BCUT2D eigenvalue weighted by atomic mass is 31.8. The molecule has 0 aromatic rings. The van der Waals surface area contributed by atoms with E-state index in [9.17, 15) is 0 Å². The van der Waals surface area contributed by atoms with Crippen LogP contribution >= 0.6 is 15.1 Å². The highest BCUT2D eigenvalue weighted by Gasteiger charge is 2.03. The lowest BCUT2D eigenvalue weighted by molar-refractivity contribution is 1.09. The molecule has 0 nitrogen and oxygen atoms in total. The van der Waals surface area contributed by atoms with Crippen LogP contribution in [-0.2, 0) is 0 Å². The minimum absolute atomic E-state index is 0.682. The molecule has 0 saturated carbocycles. The maximum atomic E-state index is 3.70. The summed E-state index contributed by atoms with van der Waals surface area (Å²) in [6.45, 7) is 8.39. The van der Waals surface area contributed by atoms with E-state index in [0.717, 1.165) is 5.66 Å². The summed E-state index contributed by atoms with van der Waals surface area (Å²) in [4.78, 5) is 0. The number of rotatable bonds is 1. The molecule has 0 aliphatic heterocycles. The lowest BCUT2D eigenvalue weighted by atomic mass is 10.6. The molecule has 0 radical (unpaired) electrons. The molecule has 0 spiro atoms. The fourth-order valence-electron chi connectivity index (χ4n) is 0. The normalized spacial score (nSPS) is 12.7. The van der Waals surface area contributed by atoms with Crippen LogP contribution in [0.4, 0.5) is 0 Å². The van der Waals surface area contributed by atoms with Crippen molar-refractivity contribution in [1.82, 2.24) is 0 Å². The van der Waals surface area contributed by atoms with Crippen LogP contribution < -0.4 is 0 Å². The van der Waals surface area contributed by atoms with Crippen molar-refractivity contribution in [3.63, 3.8) is 0 Å². The molecule has 0 fully saturated rings. The number of hydrogen-bond donors (Lipinski definition) is 0. The SMILES string of the molecule is CC(C)P(C)(C)=P. The Morgan fingerprint density at radius 1 is 1.29 bits per heavy atom. The zero-order valence-electron chi connectivity index (χ0n) is 5.52. The molecule has 0 aromatic carbocycles. The van der Waals surface area contributed by atoms with Gasteiger partial charge in [0.05, 0.1) is 0 Å². The zero-order chi connectivity index (χ0) is 6.08. The van der Waals surface area contributed by atoms with Gasteiger partial charge in [-0.1, -0.05) is 20.4 Å². The molecular formula is C5H14P2. The molecule has 0 rings (SSSR count). The Morgan fingerprint density at radius 2 is 1.43 bits per heavy atom. The molecule has 0 aromatic heterocycles. The molecule has 0 atom stereocenters.